The molecule has 0 spiro atoms. The molecule has 138 valence electrons. The highest BCUT2D eigenvalue weighted by atomic mass is 16.4. The number of aromatic nitrogens is 2. The first-order valence-electron chi connectivity index (χ1n) is 9.11. The Labute approximate surface area is 157 Å². The predicted octanol–water partition coefficient (Wildman–Crippen LogP) is 2.67. The number of likely N-dealkylation sites (tertiary alicyclic amines) is 1. The van der Waals surface area contributed by atoms with Gasteiger partial charge >= 0.3 is 5.97 Å². The van der Waals surface area contributed by atoms with Crippen molar-refractivity contribution in [2.24, 2.45) is 5.92 Å². The average Bonchev–Trinajstić information content (AvgIpc) is 3.29. The van der Waals surface area contributed by atoms with Gasteiger partial charge in [-0.25, -0.2) is 9.78 Å². The molecule has 1 atom stereocenters. The average molecular weight is 363 g/mol. The van der Waals surface area contributed by atoms with Crippen molar-refractivity contribution < 1.29 is 14.7 Å². The van der Waals surface area contributed by atoms with Gasteiger partial charge in [0.15, 0.2) is 0 Å². The van der Waals surface area contributed by atoms with E-state index in [1.807, 2.05) is 39.8 Å². The van der Waals surface area contributed by atoms with Gasteiger partial charge in [0, 0.05) is 25.5 Å². The van der Waals surface area contributed by atoms with Crippen molar-refractivity contribution >= 4 is 17.5 Å². The van der Waals surface area contributed by atoms with E-state index in [0.717, 1.165) is 36.3 Å². The summed E-state index contributed by atoms with van der Waals surface area (Å²) in [5.41, 5.74) is 3.06. The van der Waals surface area contributed by atoms with Crippen LogP contribution in [0, 0.1) is 5.92 Å². The van der Waals surface area contributed by atoms with Gasteiger partial charge in [0.1, 0.15) is 5.65 Å². The van der Waals surface area contributed by atoms with Crippen LogP contribution in [0.4, 0.5) is 0 Å². The zero-order chi connectivity index (χ0) is 18.8. The van der Waals surface area contributed by atoms with Crippen molar-refractivity contribution in [3.63, 3.8) is 0 Å². The predicted molar refractivity (Wildman–Crippen MR) is 101 cm³/mol. The van der Waals surface area contributed by atoms with E-state index in [0.29, 0.717) is 24.4 Å². The smallest absolute Gasteiger partial charge is 0.335 e. The quantitative estimate of drug-likeness (QED) is 0.756. The number of imidazole rings is 1. The van der Waals surface area contributed by atoms with E-state index in [9.17, 15) is 9.59 Å². The number of carboxylic acid groups (broad SMARTS) is 1. The Balaban J connectivity index is 1.38. The van der Waals surface area contributed by atoms with Gasteiger partial charge in [0.2, 0.25) is 5.91 Å². The molecule has 6 heteroatoms. The van der Waals surface area contributed by atoms with Crippen molar-refractivity contribution in [2.75, 3.05) is 13.1 Å². The Bertz CT molecular complexity index is 995. The molecule has 3 heterocycles. The topological polar surface area (TPSA) is 74.9 Å². The van der Waals surface area contributed by atoms with Gasteiger partial charge in [-0.15, -0.1) is 0 Å². The second-order valence-electron chi connectivity index (χ2n) is 7.06. The van der Waals surface area contributed by atoms with Gasteiger partial charge < -0.3 is 14.4 Å². The standard InChI is InChI=1S/C21H21N3O3/c25-20(12-18-13-22-19-6-1-2-8-24(18)19)23-9-7-16(14-23)10-15-4-3-5-17(11-15)21(26)27/h1-6,8,11,13,16H,7,9-10,12,14H2,(H,26,27). The van der Waals surface area contributed by atoms with Crippen molar-refractivity contribution in [2.45, 2.75) is 19.3 Å². The summed E-state index contributed by atoms with van der Waals surface area (Å²) in [6.45, 7) is 1.46. The Kier molecular flexibility index (Phi) is 4.62. The van der Waals surface area contributed by atoms with Gasteiger partial charge in [0.25, 0.3) is 0 Å². The second kappa shape index (κ2) is 7.23. The molecule has 27 heavy (non-hydrogen) atoms. The lowest BCUT2D eigenvalue weighted by Gasteiger charge is -2.16. The number of aromatic carboxylic acids is 1. The fourth-order valence-electron chi connectivity index (χ4n) is 3.77. The fourth-order valence-corrected chi connectivity index (χ4v) is 3.77. The summed E-state index contributed by atoms with van der Waals surface area (Å²) in [4.78, 5) is 30.1. The van der Waals surface area contributed by atoms with Gasteiger partial charge in [-0.1, -0.05) is 18.2 Å². The number of amides is 1. The maximum atomic E-state index is 12.7. The highest BCUT2D eigenvalue weighted by molar-refractivity contribution is 5.87. The summed E-state index contributed by atoms with van der Waals surface area (Å²) < 4.78 is 1.95. The highest BCUT2D eigenvalue weighted by Gasteiger charge is 2.27. The van der Waals surface area contributed by atoms with Crippen LogP contribution in [0.5, 0.6) is 0 Å². The molecule has 4 rings (SSSR count). The number of carbonyl (C=O) groups excluding carboxylic acids is 1. The number of carboxylic acids is 1. The SMILES string of the molecule is O=C(O)c1cccc(CC2CCN(C(=O)Cc3cnc4ccccn34)C2)c1. The molecular weight excluding hydrogens is 342 g/mol. The summed E-state index contributed by atoms with van der Waals surface area (Å²) in [6, 6.07) is 12.8. The molecule has 1 unspecified atom stereocenters. The summed E-state index contributed by atoms with van der Waals surface area (Å²) in [7, 11) is 0. The lowest BCUT2D eigenvalue weighted by molar-refractivity contribution is -0.129. The molecule has 1 fully saturated rings. The van der Waals surface area contributed by atoms with Crippen molar-refractivity contribution in [1.82, 2.24) is 14.3 Å². The van der Waals surface area contributed by atoms with E-state index >= 15 is 0 Å². The number of rotatable bonds is 5. The van der Waals surface area contributed by atoms with Crippen molar-refractivity contribution in [1.29, 1.82) is 0 Å². The van der Waals surface area contributed by atoms with Crippen LogP contribution in [0.25, 0.3) is 5.65 Å². The minimum atomic E-state index is -0.909. The van der Waals surface area contributed by atoms with Crippen molar-refractivity contribution in [3.05, 3.63) is 71.7 Å². The molecule has 6 nitrogen and oxygen atoms in total. The summed E-state index contributed by atoms with van der Waals surface area (Å²) in [5.74, 6) is -0.435. The largest absolute Gasteiger partial charge is 0.478 e. The third-order valence-corrected chi connectivity index (χ3v) is 5.16. The molecule has 0 saturated carbocycles. The maximum absolute atomic E-state index is 12.7. The molecule has 1 aromatic carbocycles. The van der Waals surface area contributed by atoms with Gasteiger partial charge in [-0.2, -0.15) is 0 Å². The van der Waals surface area contributed by atoms with Crippen LogP contribution in [0.3, 0.4) is 0 Å². The summed E-state index contributed by atoms with van der Waals surface area (Å²) in [5, 5.41) is 9.12. The first-order valence-corrected chi connectivity index (χ1v) is 9.11. The number of hydrogen-bond acceptors (Lipinski definition) is 3. The molecule has 1 saturated heterocycles. The second-order valence-corrected chi connectivity index (χ2v) is 7.06. The zero-order valence-electron chi connectivity index (χ0n) is 14.9. The third-order valence-electron chi connectivity index (χ3n) is 5.16. The maximum Gasteiger partial charge on any atom is 0.335 e. The van der Waals surface area contributed by atoms with E-state index in [-0.39, 0.29) is 5.91 Å². The lowest BCUT2D eigenvalue weighted by Crippen LogP contribution is -2.30. The third kappa shape index (κ3) is 3.69. The monoisotopic (exact) mass is 363 g/mol. The van der Waals surface area contributed by atoms with E-state index in [4.69, 9.17) is 5.11 Å². The Hall–Kier alpha value is -3.15. The lowest BCUT2D eigenvalue weighted by atomic mass is 9.97. The first kappa shape index (κ1) is 17.3. The first-order chi connectivity index (χ1) is 13.1. The molecule has 0 radical (unpaired) electrons. The van der Waals surface area contributed by atoms with Crippen LogP contribution in [-0.2, 0) is 17.6 Å². The molecular formula is C21H21N3O3. The van der Waals surface area contributed by atoms with E-state index in [1.54, 1.807) is 24.4 Å². The van der Waals surface area contributed by atoms with Crippen LogP contribution >= 0.6 is 0 Å². The number of fused-ring (bicyclic) bond motifs is 1. The number of benzene rings is 1. The van der Waals surface area contributed by atoms with Gasteiger partial charge in [-0.05, 0) is 48.6 Å². The van der Waals surface area contributed by atoms with Gasteiger partial charge in [-0.3, -0.25) is 4.79 Å². The Morgan fingerprint density at radius 3 is 2.93 bits per heavy atom. The van der Waals surface area contributed by atoms with Gasteiger partial charge in [0.05, 0.1) is 17.7 Å². The molecule has 1 N–H and O–H groups in total. The number of pyridine rings is 1. The zero-order valence-corrected chi connectivity index (χ0v) is 14.9. The molecule has 1 aliphatic rings. The van der Waals surface area contributed by atoms with Crippen LogP contribution in [0.15, 0.2) is 54.9 Å². The molecule has 0 aliphatic carbocycles. The van der Waals surface area contributed by atoms with Crippen molar-refractivity contribution in [3.8, 4) is 0 Å². The Morgan fingerprint density at radius 1 is 1.19 bits per heavy atom. The van der Waals surface area contributed by atoms with Crippen LogP contribution in [0.1, 0.15) is 28.0 Å². The highest BCUT2D eigenvalue weighted by Crippen LogP contribution is 2.22. The minimum absolute atomic E-state index is 0.113. The molecule has 0 bridgehead atoms. The van der Waals surface area contributed by atoms with Crippen LogP contribution in [-0.4, -0.2) is 44.4 Å². The Morgan fingerprint density at radius 2 is 2.07 bits per heavy atom. The number of nitrogens with zero attached hydrogens (tertiary/aromatic N) is 3. The number of carbonyl (C=O) groups is 2. The molecule has 1 aliphatic heterocycles. The minimum Gasteiger partial charge on any atom is -0.478 e. The van der Waals surface area contributed by atoms with E-state index in [2.05, 4.69) is 4.98 Å². The summed E-state index contributed by atoms with van der Waals surface area (Å²) in [6.07, 6.45) is 5.76. The molecule has 2 aromatic heterocycles. The molecule has 3 aromatic rings. The fraction of sp³-hybridized carbons (Fsp3) is 0.286. The molecule has 1 amide bonds. The normalized spacial score (nSPS) is 16.7. The summed E-state index contributed by atoms with van der Waals surface area (Å²) >= 11 is 0. The van der Waals surface area contributed by atoms with E-state index in [1.165, 1.54) is 0 Å². The van der Waals surface area contributed by atoms with E-state index < -0.39 is 5.97 Å². The van der Waals surface area contributed by atoms with Crippen LogP contribution in [0.2, 0.25) is 0 Å². The number of hydrogen-bond donors (Lipinski definition) is 1. The van der Waals surface area contributed by atoms with Crippen LogP contribution < -0.4 is 0 Å².